The number of ether oxygens (including phenoxy) is 3. The molecule has 122 valence electrons. The van der Waals surface area contributed by atoms with Crippen LogP contribution in [0.3, 0.4) is 0 Å². The van der Waals surface area contributed by atoms with Gasteiger partial charge in [-0.15, -0.1) is 0 Å². The molecule has 2 rings (SSSR count). The van der Waals surface area contributed by atoms with Crippen molar-refractivity contribution in [3.63, 3.8) is 0 Å². The summed E-state index contributed by atoms with van der Waals surface area (Å²) in [6.45, 7) is 6.23. The number of carbonyl (C=O) groups excluding carboxylic acids is 1. The second-order valence-corrected chi connectivity index (χ2v) is 5.35. The molecule has 1 aromatic carbocycles. The highest BCUT2D eigenvalue weighted by atomic mass is 16.5. The van der Waals surface area contributed by atoms with Gasteiger partial charge in [0, 0.05) is 19.8 Å². The zero-order chi connectivity index (χ0) is 15.6. The fourth-order valence-corrected chi connectivity index (χ4v) is 2.36. The van der Waals surface area contributed by atoms with E-state index in [1.54, 1.807) is 0 Å². The van der Waals surface area contributed by atoms with Crippen LogP contribution in [0.1, 0.15) is 24.5 Å². The van der Waals surface area contributed by atoms with Crippen molar-refractivity contribution in [1.29, 1.82) is 0 Å². The van der Waals surface area contributed by atoms with Crippen molar-refractivity contribution in [3.8, 4) is 0 Å². The zero-order valence-electron chi connectivity index (χ0n) is 13.2. The predicted molar refractivity (Wildman–Crippen MR) is 83.4 cm³/mol. The number of nitrogens with one attached hydrogen (secondary N) is 1. The summed E-state index contributed by atoms with van der Waals surface area (Å²) in [6, 6.07) is 8.08. The van der Waals surface area contributed by atoms with Gasteiger partial charge in [-0.3, -0.25) is 4.79 Å². The van der Waals surface area contributed by atoms with Crippen LogP contribution in [0.25, 0.3) is 0 Å². The fraction of sp³-hybridized carbons (Fsp3) is 0.588. The molecule has 0 bridgehead atoms. The number of hydrogen-bond acceptors (Lipinski definition) is 4. The van der Waals surface area contributed by atoms with E-state index < -0.39 is 0 Å². The van der Waals surface area contributed by atoms with E-state index in [0.717, 1.165) is 17.5 Å². The number of hydrogen-bond donors (Lipinski definition) is 1. The fourth-order valence-electron chi connectivity index (χ4n) is 2.36. The van der Waals surface area contributed by atoms with Gasteiger partial charge in [-0.2, -0.15) is 0 Å². The molecule has 1 N–H and O–H groups in total. The van der Waals surface area contributed by atoms with Crippen molar-refractivity contribution in [2.45, 2.75) is 26.5 Å². The highest BCUT2D eigenvalue weighted by Crippen LogP contribution is 2.13. The van der Waals surface area contributed by atoms with Crippen molar-refractivity contribution in [2.75, 3.05) is 33.0 Å². The second kappa shape index (κ2) is 9.56. The molecule has 0 radical (unpaired) electrons. The van der Waals surface area contributed by atoms with Gasteiger partial charge in [-0.05, 0) is 24.5 Å². The summed E-state index contributed by atoms with van der Waals surface area (Å²) in [5.74, 6) is 0.0842. The smallest absolute Gasteiger partial charge is 0.225 e. The third-order valence-electron chi connectivity index (χ3n) is 3.60. The minimum absolute atomic E-state index is 0.00471. The Labute approximate surface area is 131 Å². The number of amides is 1. The molecule has 5 heteroatoms. The SMILES string of the molecule is CCOCCOCc1cccc(CNC(=O)C2CCOC2)c1. The van der Waals surface area contributed by atoms with E-state index in [9.17, 15) is 4.79 Å². The maximum absolute atomic E-state index is 11.9. The van der Waals surface area contributed by atoms with Crippen LogP contribution in [0.4, 0.5) is 0 Å². The van der Waals surface area contributed by atoms with E-state index in [-0.39, 0.29) is 11.8 Å². The Kier molecular flexibility index (Phi) is 7.36. The van der Waals surface area contributed by atoms with Gasteiger partial charge in [0.1, 0.15) is 0 Å². The molecule has 1 amide bonds. The highest BCUT2D eigenvalue weighted by Gasteiger charge is 2.22. The molecular formula is C17H25NO4. The third kappa shape index (κ3) is 5.75. The zero-order valence-corrected chi connectivity index (χ0v) is 13.2. The van der Waals surface area contributed by atoms with Crippen molar-refractivity contribution in [2.24, 2.45) is 5.92 Å². The molecular weight excluding hydrogens is 282 g/mol. The van der Waals surface area contributed by atoms with Crippen molar-refractivity contribution < 1.29 is 19.0 Å². The van der Waals surface area contributed by atoms with Gasteiger partial charge < -0.3 is 19.5 Å². The molecule has 1 unspecified atom stereocenters. The van der Waals surface area contributed by atoms with E-state index in [0.29, 0.717) is 46.2 Å². The van der Waals surface area contributed by atoms with Crippen LogP contribution in [0, 0.1) is 5.92 Å². The average molecular weight is 307 g/mol. The van der Waals surface area contributed by atoms with E-state index in [2.05, 4.69) is 11.4 Å². The van der Waals surface area contributed by atoms with Crippen LogP contribution < -0.4 is 5.32 Å². The Hall–Kier alpha value is -1.43. The van der Waals surface area contributed by atoms with Crippen LogP contribution in [0.2, 0.25) is 0 Å². The van der Waals surface area contributed by atoms with Gasteiger partial charge in [0.25, 0.3) is 0 Å². The maximum atomic E-state index is 11.9. The summed E-state index contributed by atoms with van der Waals surface area (Å²) in [7, 11) is 0. The molecule has 1 heterocycles. The van der Waals surface area contributed by atoms with E-state index in [1.165, 1.54) is 0 Å². The summed E-state index contributed by atoms with van der Waals surface area (Å²) < 4.78 is 16.0. The van der Waals surface area contributed by atoms with Gasteiger partial charge in [0.2, 0.25) is 5.91 Å². The molecule has 0 spiro atoms. The lowest BCUT2D eigenvalue weighted by molar-refractivity contribution is -0.125. The van der Waals surface area contributed by atoms with Crippen molar-refractivity contribution >= 4 is 5.91 Å². The first-order valence-corrected chi connectivity index (χ1v) is 7.88. The predicted octanol–water partition coefficient (Wildman–Crippen LogP) is 1.89. The molecule has 1 aliphatic heterocycles. The Morgan fingerprint density at radius 3 is 2.91 bits per heavy atom. The third-order valence-corrected chi connectivity index (χ3v) is 3.60. The van der Waals surface area contributed by atoms with Crippen molar-refractivity contribution in [1.82, 2.24) is 5.32 Å². The molecule has 5 nitrogen and oxygen atoms in total. The lowest BCUT2D eigenvalue weighted by atomic mass is 10.1. The molecule has 1 atom stereocenters. The molecule has 1 fully saturated rings. The largest absolute Gasteiger partial charge is 0.381 e. The first kappa shape index (κ1) is 16.9. The highest BCUT2D eigenvalue weighted by molar-refractivity contribution is 5.78. The standard InChI is InChI=1S/C17H25NO4/c1-2-20-8-9-22-12-15-5-3-4-14(10-15)11-18-17(19)16-6-7-21-13-16/h3-5,10,16H,2,6-9,11-13H2,1H3,(H,18,19). The van der Waals surface area contributed by atoms with E-state index in [1.807, 2.05) is 25.1 Å². The second-order valence-electron chi connectivity index (χ2n) is 5.35. The molecule has 1 saturated heterocycles. The molecule has 0 saturated carbocycles. The molecule has 0 aromatic heterocycles. The van der Waals surface area contributed by atoms with Gasteiger partial charge >= 0.3 is 0 Å². The Bertz CT molecular complexity index is 458. The normalized spacial score (nSPS) is 17.6. The van der Waals surface area contributed by atoms with Crippen molar-refractivity contribution in [3.05, 3.63) is 35.4 Å². The molecule has 0 aliphatic carbocycles. The summed E-state index contributed by atoms with van der Waals surface area (Å²) >= 11 is 0. The van der Waals surface area contributed by atoms with E-state index in [4.69, 9.17) is 14.2 Å². The Morgan fingerprint density at radius 2 is 2.14 bits per heavy atom. The Balaban J connectivity index is 1.72. The van der Waals surface area contributed by atoms with Crippen LogP contribution in [0.5, 0.6) is 0 Å². The number of carbonyl (C=O) groups is 1. The van der Waals surface area contributed by atoms with Crippen LogP contribution >= 0.6 is 0 Å². The minimum atomic E-state index is 0.00471. The molecule has 1 aliphatic rings. The minimum Gasteiger partial charge on any atom is -0.381 e. The van der Waals surface area contributed by atoms with E-state index >= 15 is 0 Å². The van der Waals surface area contributed by atoms with Gasteiger partial charge in [0.15, 0.2) is 0 Å². The lowest BCUT2D eigenvalue weighted by Crippen LogP contribution is -2.30. The van der Waals surface area contributed by atoms with Gasteiger partial charge in [0.05, 0.1) is 32.3 Å². The number of rotatable bonds is 9. The average Bonchev–Trinajstić information content (AvgIpc) is 3.07. The van der Waals surface area contributed by atoms with Gasteiger partial charge in [-0.1, -0.05) is 24.3 Å². The quantitative estimate of drug-likeness (QED) is 0.708. The van der Waals surface area contributed by atoms with Crippen LogP contribution in [0.15, 0.2) is 24.3 Å². The number of benzene rings is 1. The van der Waals surface area contributed by atoms with Crippen LogP contribution in [-0.2, 0) is 32.2 Å². The topological polar surface area (TPSA) is 56.8 Å². The van der Waals surface area contributed by atoms with Crippen LogP contribution in [-0.4, -0.2) is 38.9 Å². The first-order chi connectivity index (χ1) is 10.8. The summed E-state index contributed by atoms with van der Waals surface area (Å²) in [6.07, 6.45) is 0.819. The summed E-state index contributed by atoms with van der Waals surface area (Å²) in [5, 5.41) is 2.97. The summed E-state index contributed by atoms with van der Waals surface area (Å²) in [5.41, 5.74) is 2.19. The van der Waals surface area contributed by atoms with Gasteiger partial charge in [-0.25, -0.2) is 0 Å². The maximum Gasteiger partial charge on any atom is 0.225 e. The molecule has 1 aromatic rings. The lowest BCUT2D eigenvalue weighted by Gasteiger charge is -2.10. The molecule has 22 heavy (non-hydrogen) atoms. The Morgan fingerprint density at radius 1 is 1.32 bits per heavy atom. The monoisotopic (exact) mass is 307 g/mol. The first-order valence-electron chi connectivity index (χ1n) is 7.88. The summed E-state index contributed by atoms with van der Waals surface area (Å²) in [4.78, 5) is 11.9.